The fourth-order valence-corrected chi connectivity index (χ4v) is 5.38. The Labute approximate surface area is 136 Å². The van der Waals surface area contributed by atoms with Gasteiger partial charge in [-0.05, 0) is 43.9 Å². The van der Waals surface area contributed by atoms with Crippen LogP contribution < -0.4 is 5.32 Å². The van der Waals surface area contributed by atoms with Gasteiger partial charge in [-0.25, -0.2) is 8.42 Å². The zero-order valence-corrected chi connectivity index (χ0v) is 14.0. The van der Waals surface area contributed by atoms with Gasteiger partial charge in [0.1, 0.15) is 4.90 Å². The van der Waals surface area contributed by atoms with Crippen molar-refractivity contribution in [3.8, 4) is 0 Å². The monoisotopic (exact) mass is 331 g/mol. The Morgan fingerprint density at radius 2 is 2.04 bits per heavy atom. The topological polar surface area (TPSA) is 62.3 Å². The maximum Gasteiger partial charge on any atom is 0.245 e. The van der Waals surface area contributed by atoms with E-state index in [4.69, 9.17) is 0 Å². The van der Waals surface area contributed by atoms with Gasteiger partial charge in [-0.1, -0.05) is 12.1 Å². The highest BCUT2D eigenvalue weighted by Crippen LogP contribution is 2.28. The van der Waals surface area contributed by atoms with Gasteiger partial charge in [-0.3, -0.25) is 4.98 Å². The van der Waals surface area contributed by atoms with Crippen molar-refractivity contribution in [3.63, 3.8) is 0 Å². The molecule has 2 aliphatic heterocycles. The van der Waals surface area contributed by atoms with E-state index in [0.29, 0.717) is 29.5 Å². The average Bonchev–Trinajstić information content (AvgIpc) is 2.84. The summed E-state index contributed by atoms with van der Waals surface area (Å²) >= 11 is 0. The molecule has 5 nitrogen and oxygen atoms in total. The molecule has 0 saturated carbocycles. The molecule has 6 heteroatoms. The fraction of sp³-hybridized carbons (Fsp3) is 0.471. The minimum absolute atomic E-state index is 0.280. The summed E-state index contributed by atoms with van der Waals surface area (Å²) in [7, 11) is -3.52. The summed E-state index contributed by atoms with van der Waals surface area (Å²) in [4.78, 5) is 4.72. The Balaban J connectivity index is 1.76. The van der Waals surface area contributed by atoms with Crippen molar-refractivity contribution < 1.29 is 8.42 Å². The second-order valence-corrected chi connectivity index (χ2v) is 8.54. The number of pyridine rings is 1. The van der Waals surface area contributed by atoms with Crippen LogP contribution in [0.2, 0.25) is 0 Å². The number of aromatic nitrogens is 1. The predicted octanol–water partition coefficient (Wildman–Crippen LogP) is 2.06. The van der Waals surface area contributed by atoms with Gasteiger partial charge in [-0.2, -0.15) is 4.31 Å². The van der Waals surface area contributed by atoms with Gasteiger partial charge in [0.2, 0.25) is 10.0 Å². The molecule has 1 N–H and O–H groups in total. The molecule has 2 atom stereocenters. The molecule has 2 aromatic rings. The van der Waals surface area contributed by atoms with E-state index < -0.39 is 10.0 Å². The van der Waals surface area contributed by atoms with Crippen LogP contribution in [-0.4, -0.2) is 42.9 Å². The number of rotatable bonds is 2. The van der Waals surface area contributed by atoms with Crippen molar-refractivity contribution in [2.24, 2.45) is 0 Å². The Bertz CT molecular complexity index is 850. The van der Waals surface area contributed by atoms with Crippen molar-refractivity contribution in [1.29, 1.82) is 0 Å². The first kappa shape index (κ1) is 15.1. The second kappa shape index (κ2) is 5.54. The lowest BCUT2D eigenvalue weighted by Gasteiger charge is -2.24. The zero-order valence-electron chi connectivity index (χ0n) is 13.2. The first-order valence-electron chi connectivity index (χ1n) is 8.15. The highest BCUT2D eigenvalue weighted by Gasteiger charge is 2.35. The van der Waals surface area contributed by atoms with E-state index in [1.54, 1.807) is 22.6 Å². The van der Waals surface area contributed by atoms with E-state index in [9.17, 15) is 8.42 Å². The molecule has 23 heavy (non-hydrogen) atoms. The van der Waals surface area contributed by atoms with E-state index in [1.807, 2.05) is 19.1 Å². The van der Waals surface area contributed by atoms with Gasteiger partial charge in [0.15, 0.2) is 0 Å². The maximum absolute atomic E-state index is 13.2. The molecule has 1 aromatic heterocycles. The van der Waals surface area contributed by atoms with E-state index in [1.165, 1.54) is 0 Å². The van der Waals surface area contributed by atoms with Crippen LogP contribution in [0.15, 0.2) is 35.4 Å². The number of para-hydroxylation sites is 1. The number of hydrogen-bond donors (Lipinski definition) is 1. The summed E-state index contributed by atoms with van der Waals surface area (Å²) in [5.41, 5.74) is 1.60. The van der Waals surface area contributed by atoms with Crippen molar-refractivity contribution in [1.82, 2.24) is 14.6 Å². The summed E-state index contributed by atoms with van der Waals surface area (Å²) in [6, 6.07) is 8.12. The number of nitrogens with zero attached hydrogens (tertiary/aromatic N) is 2. The van der Waals surface area contributed by atoms with Crippen molar-refractivity contribution in [3.05, 3.63) is 36.0 Å². The van der Waals surface area contributed by atoms with Crippen LogP contribution in [0.4, 0.5) is 0 Å². The molecule has 3 heterocycles. The summed E-state index contributed by atoms with van der Waals surface area (Å²) < 4.78 is 28.0. The van der Waals surface area contributed by atoms with Crippen molar-refractivity contribution in [2.75, 3.05) is 13.1 Å². The molecule has 122 valence electrons. The number of benzene rings is 1. The van der Waals surface area contributed by atoms with E-state index in [-0.39, 0.29) is 6.04 Å². The summed E-state index contributed by atoms with van der Waals surface area (Å²) in [6.07, 6.45) is 4.83. The molecule has 0 radical (unpaired) electrons. The van der Waals surface area contributed by atoms with Gasteiger partial charge < -0.3 is 5.32 Å². The van der Waals surface area contributed by atoms with Crippen LogP contribution in [0, 0.1) is 6.92 Å². The minimum Gasteiger partial charge on any atom is -0.310 e. The van der Waals surface area contributed by atoms with Crippen LogP contribution in [-0.2, 0) is 10.0 Å². The van der Waals surface area contributed by atoms with Gasteiger partial charge >= 0.3 is 0 Å². The SMILES string of the molecule is Cc1cnc2c(S(=O)(=O)N3CCC4CCC(C3)N4)cccc2c1. The lowest BCUT2D eigenvalue weighted by atomic mass is 10.1. The largest absolute Gasteiger partial charge is 0.310 e. The standard InChI is InChI=1S/C17H21N3O2S/c1-12-9-13-3-2-4-16(17(13)18-10-12)23(21,22)20-8-7-14-5-6-15(11-20)19-14/h2-4,9-10,14-15,19H,5-8,11H2,1H3. The van der Waals surface area contributed by atoms with Crippen LogP contribution in [0.5, 0.6) is 0 Å². The van der Waals surface area contributed by atoms with Crippen LogP contribution >= 0.6 is 0 Å². The molecule has 2 fully saturated rings. The third-order valence-corrected chi connectivity index (χ3v) is 6.81. The third-order valence-electron chi connectivity index (χ3n) is 4.91. The van der Waals surface area contributed by atoms with Crippen LogP contribution in [0.3, 0.4) is 0 Å². The van der Waals surface area contributed by atoms with Crippen LogP contribution in [0.25, 0.3) is 10.9 Å². The quantitative estimate of drug-likeness (QED) is 0.915. The Morgan fingerprint density at radius 3 is 2.91 bits per heavy atom. The predicted molar refractivity (Wildman–Crippen MR) is 89.8 cm³/mol. The number of sulfonamides is 1. The molecule has 0 aliphatic carbocycles. The van der Waals surface area contributed by atoms with E-state index >= 15 is 0 Å². The first-order chi connectivity index (χ1) is 11.0. The van der Waals surface area contributed by atoms with Gasteiger partial charge in [-0.15, -0.1) is 0 Å². The minimum atomic E-state index is -3.52. The van der Waals surface area contributed by atoms with Crippen LogP contribution in [0.1, 0.15) is 24.8 Å². The van der Waals surface area contributed by atoms with E-state index in [2.05, 4.69) is 10.3 Å². The molecule has 1 aromatic carbocycles. The van der Waals surface area contributed by atoms with Crippen molar-refractivity contribution >= 4 is 20.9 Å². The number of hydrogen-bond acceptors (Lipinski definition) is 4. The summed E-state index contributed by atoms with van der Waals surface area (Å²) in [5.74, 6) is 0. The molecule has 2 aliphatic rings. The highest BCUT2D eigenvalue weighted by molar-refractivity contribution is 7.89. The molecule has 2 bridgehead atoms. The smallest absolute Gasteiger partial charge is 0.245 e. The van der Waals surface area contributed by atoms with Crippen molar-refractivity contribution in [2.45, 2.75) is 43.2 Å². The number of nitrogens with one attached hydrogen (secondary N) is 1. The Morgan fingerprint density at radius 1 is 1.22 bits per heavy atom. The number of fused-ring (bicyclic) bond motifs is 3. The lowest BCUT2D eigenvalue weighted by molar-refractivity contribution is 0.383. The molecular weight excluding hydrogens is 310 g/mol. The molecule has 2 saturated heterocycles. The summed E-state index contributed by atoms with van der Waals surface area (Å²) in [5, 5.41) is 4.40. The molecule has 4 rings (SSSR count). The second-order valence-electron chi connectivity index (χ2n) is 6.63. The number of aryl methyl sites for hydroxylation is 1. The molecule has 0 amide bonds. The fourth-order valence-electron chi connectivity index (χ4n) is 3.72. The zero-order chi connectivity index (χ0) is 16.0. The van der Waals surface area contributed by atoms with Gasteiger partial charge in [0.25, 0.3) is 0 Å². The third kappa shape index (κ3) is 2.65. The first-order valence-corrected chi connectivity index (χ1v) is 9.59. The lowest BCUT2D eigenvalue weighted by Crippen LogP contribution is -2.39. The van der Waals surface area contributed by atoms with Gasteiger partial charge in [0, 0.05) is 36.8 Å². The average molecular weight is 331 g/mol. The molecule has 2 unspecified atom stereocenters. The summed E-state index contributed by atoms with van der Waals surface area (Å²) in [6.45, 7) is 3.10. The molecular formula is C17H21N3O2S. The Hall–Kier alpha value is -1.50. The Kier molecular flexibility index (Phi) is 3.63. The van der Waals surface area contributed by atoms with E-state index in [0.717, 1.165) is 30.2 Å². The highest BCUT2D eigenvalue weighted by atomic mass is 32.2. The normalized spacial score (nSPS) is 25.6. The molecule has 0 spiro atoms. The van der Waals surface area contributed by atoms with Gasteiger partial charge in [0.05, 0.1) is 5.52 Å². The maximum atomic E-state index is 13.2.